The number of urea groups is 1. The lowest BCUT2D eigenvalue weighted by atomic mass is 9.85. The Labute approximate surface area is 239 Å². The van der Waals surface area contributed by atoms with Crippen LogP contribution in [0.5, 0.6) is 0 Å². The number of hydrogen-bond acceptors (Lipinski definition) is 5. The molecule has 3 atom stereocenters. The Hall–Kier alpha value is -3.37. The van der Waals surface area contributed by atoms with E-state index in [-0.39, 0.29) is 43.3 Å². The van der Waals surface area contributed by atoms with Gasteiger partial charge in [-0.25, -0.2) is 19.2 Å². The molecule has 2 aromatic rings. The Balaban J connectivity index is 1.42. The van der Waals surface area contributed by atoms with Crippen LogP contribution in [0.15, 0.2) is 54.6 Å². The predicted octanol–water partition coefficient (Wildman–Crippen LogP) is 3.59. The predicted molar refractivity (Wildman–Crippen MR) is 154 cm³/mol. The standard InChI is InChI=1S/C30H36FN5O3S/c1-20-14-22-6-4-5-7-25(22)23(15-20)17-34-18-27-35(26(29(34)38)12-13-40-3)28(37)19-33(2)36(27)30(39)32-16-21-8-10-24(31)11-9-21/h4-11,15,20,26-27H,12-14,16-19H2,1-3H3,(H,32,39)/t20?,26-,27-/m0/s1. The summed E-state index contributed by atoms with van der Waals surface area (Å²) < 4.78 is 13.3. The van der Waals surface area contributed by atoms with E-state index < -0.39 is 12.2 Å². The van der Waals surface area contributed by atoms with Crippen LogP contribution in [0.25, 0.3) is 5.57 Å². The molecule has 0 saturated carbocycles. The molecular weight excluding hydrogens is 529 g/mol. The first kappa shape index (κ1) is 28.2. The van der Waals surface area contributed by atoms with Crippen molar-refractivity contribution in [1.82, 2.24) is 25.1 Å². The highest BCUT2D eigenvalue weighted by atomic mass is 32.2. The van der Waals surface area contributed by atoms with Crippen molar-refractivity contribution >= 4 is 35.2 Å². The first-order valence-electron chi connectivity index (χ1n) is 13.7. The van der Waals surface area contributed by atoms with Gasteiger partial charge in [0, 0.05) is 20.1 Å². The number of thioether (sulfide) groups is 1. The van der Waals surface area contributed by atoms with Crippen molar-refractivity contribution in [1.29, 1.82) is 0 Å². The molecule has 4 amide bonds. The average Bonchev–Trinajstić information content (AvgIpc) is 2.92. The van der Waals surface area contributed by atoms with Gasteiger partial charge in [0.25, 0.3) is 0 Å². The number of piperazine rings is 1. The molecule has 212 valence electrons. The Kier molecular flexibility index (Phi) is 8.46. The van der Waals surface area contributed by atoms with Crippen LogP contribution < -0.4 is 5.32 Å². The SMILES string of the molecule is CSCC[C@H]1C(=O)N(CC2=CC(C)Cc3ccccc32)C[C@H]2N1C(=O)CN(C)N2C(=O)NCc1ccc(F)cc1. The second kappa shape index (κ2) is 12.0. The topological polar surface area (TPSA) is 76.2 Å². The number of carbonyl (C=O) groups excluding carboxylic acids is 3. The lowest BCUT2D eigenvalue weighted by Crippen LogP contribution is -2.76. The second-order valence-electron chi connectivity index (χ2n) is 10.8. The number of likely N-dealkylation sites (N-methyl/N-ethyl adjacent to an activating group) is 1. The fraction of sp³-hybridized carbons (Fsp3) is 0.433. The molecule has 2 aromatic carbocycles. The molecule has 1 N–H and O–H groups in total. The molecule has 0 bridgehead atoms. The number of hydrazine groups is 1. The zero-order valence-electron chi connectivity index (χ0n) is 23.2. The number of amides is 4. The van der Waals surface area contributed by atoms with E-state index in [2.05, 4.69) is 30.4 Å². The Morgan fingerprint density at radius 1 is 1.12 bits per heavy atom. The molecule has 5 rings (SSSR count). The van der Waals surface area contributed by atoms with Gasteiger partial charge in [0.15, 0.2) is 0 Å². The minimum absolute atomic E-state index is 0.000438. The summed E-state index contributed by atoms with van der Waals surface area (Å²) in [4.78, 5) is 44.3. The maximum atomic E-state index is 13.9. The van der Waals surface area contributed by atoms with Gasteiger partial charge in [-0.05, 0) is 65.2 Å². The summed E-state index contributed by atoms with van der Waals surface area (Å²) in [5.41, 5.74) is 4.29. The molecule has 1 unspecified atom stereocenters. The summed E-state index contributed by atoms with van der Waals surface area (Å²) in [5, 5.41) is 6.10. The van der Waals surface area contributed by atoms with Crippen molar-refractivity contribution in [2.45, 2.75) is 38.5 Å². The number of allylic oxidation sites excluding steroid dienone is 1. The van der Waals surface area contributed by atoms with Crippen molar-refractivity contribution in [3.63, 3.8) is 0 Å². The number of carbonyl (C=O) groups is 3. The van der Waals surface area contributed by atoms with Crippen LogP contribution in [0.1, 0.15) is 30.0 Å². The van der Waals surface area contributed by atoms with E-state index in [4.69, 9.17) is 0 Å². The highest BCUT2D eigenvalue weighted by Gasteiger charge is 2.50. The zero-order chi connectivity index (χ0) is 28.4. The van der Waals surface area contributed by atoms with Crippen molar-refractivity contribution in [3.8, 4) is 0 Å². The number of nitrogens with one attached hydrogen (secondary N) is 1. The molecule has 0 radical (unpaired) electrons. The third kappa shape index (κ3) is 5.74. The molecule has 2 aliphatic heterocycles. The fourth-order valence-electron chi connectivity index (χ4n) is 6.01. The fourth-order valence-corrected chi connectivity index (χ4v) is 6.47. The Bertz CT molecular complexity index is 1300. The molecule has 8 nitrogen and oxygen atoms in total. The molecular formula is C30H36FN5O3S. The van der Waals surface area contributed by atoms with Gasteiger partial charge in [-0.1, -0.05) is 49.4 Å². The largest absolute Gasteiger partial charge is 0.334 e. The zero-order valence-corrected chi connectivity index (χ0v) is 24.0. The normalized spacial score (nSPS) is 23.1. The molecule has 10 heteroatoms. The van der Waals surface area contributed by atoms with Crippen LogP contribution in [-0.2, 0) is 22.6 Å². The molecule has 0 spiro atoms. The highest BCUT2D eigenvalue weighted by molar-refractivity contribution is 7.98. The summed E-state index contributed by atoms with van der Waals surface area (Å²) in [7, 11) is 1.71. The van der Waals surface area contributed by atoms with Crippen LogP contribution in [0, 0.1) is 11.7 Å². The molecule has 40 heavy (non-hydrogen) atoms. The van der Waals surface area contributed by atoms with E-state index in [0.717, 1.165) is 28.9 Å². The van der Waals surface area contributed by atoms with Gasteiger partial charge in [-0.3, -0.25) is 9.59 Å². The monoisotopic (exact) mass is 565 g/mol. The van der Waals surface area contributed by atoms with E-state index in [1.807, 2.05) is 23.3 Å². The van der Waals surface area contributed by atoms with E-state index in [0.29, 0.717) is 18.9 Å². The van der Waals surface area contributed by atoms with Gasteiger partial charge in [-0.15, -0.1) is 0 Å². The third-order valence-corrected chi connectivity index (χ3v) is 8.50. The molecule has 0 aromatic heterocycles. The van der Waals surface area contributed by atoms with Crippen molar-refractivity contribution in [2.24, 2.45) is 5.92 Å². The smallest absolute Gasteiger partial charge is 0.333 e. The minimum atomic E-state index is -0.642. The molecule has 1 aliphatic carbocycles. The lowest BCUT2D eigenvalue weighted by Gasteiger charge is -2.54. The van der Waals surface area contributed by atoms with E-state index >= 15 is 0 Å². The summed E-state index contributed by atoms with van der Waals surface area (Å²) in [6.45, 7) is 3.02. The number of rotatable bonds is 7. The van der Waals surface area contributed by atoms with Crippen molar-refractivity contribution in [2.75, 3.05) is 38.7 Å². The highest BCUT2D eigenvalue weighted by Crippen LogP contribution is 2.33. The van der Waals surface area contributed by atoms with Gasteiger partial charge in [-0.2, -0.15) is 11.8 Å². The number of nitrogens with zero attached hydrogens (tertiary/aromatic N) is 4. The van der Waals surface area contributed by atoms with Crippen LogP contribution in [0.4, 0.5) is 9.18 Å². The number of hydrogen-bond donors (Lipinski definition) is 1. The van der Waals surface area contributed by atoms with E-state index in [1.165, 1.54) is 17.7 Å². The molecule has 3 aliphatic rings. The molecule has 2 fully saturated rings. The lowest BCUT2D eigenvalue weighted by molar-refractivity contribution is -0.186. The first-order valence-corrected chi connectivity index (χ1v) is 15.1. The summed E-state index contributed by atoms with van der Waals surface area (Å²) in [6.07, 6.45) is 5.06. The van der Waals surface area contributed by atoms with Gasteiger partial charge < -0.3 is 15.1 Å². The minimum Gasteiger partial charge on any atom is -0.333 e. The average molecular weight is 566 g/mol. The quantitative estimate of drug-likeness (QED) is 0.556. The van der Waals surface area contributed by atoms with Gasteiger partial charge in [0.05, 0.1) is 13.1 Å². The molecule has 2 heterocycles. The van der Waals surface area contributed by atoms with Crippen LogP contribution in [0.3, 0.4) is 0 Å². The van der Waals surface area contributed by atoms with E-state index in [1.54, 1.807) is 45.9 Å². The molecule has 2 saturated heterocycles. The van der Waals surface area contributed by atoms with Gasteiger partial charge in [0.2, 0.25) is 11.8 Å². The maximum absolute atomic E-state index is 13.9. The summed E-state index contributed by atoms with van der Waals surface area (Å²) in [6, 6.07) is 13.3. The second-order valence-corrected chi connectivity index (χ2v) is 11.8. The summed E-state index contributed by atoms with van der Waals surface area (Å²) >= 11 is 1.63. The van der Waals surface area contributed by atoms with E-state index in [9.17, 15) is 18.8 Å². The van der Waals surface area contributed by atoms with Gasteiger partial charge in [0.1, 0.15) is 18.0 Å². The first-order chi connectivity index (χ1) is 19.3. The number of halogens is 1. The van der Waals surface area contributed by atoms with Crippen LogP contribution in [0.2, 0.25) is 0 Å². The summed E-state index contributed by atoms with van der Waals surface area (Å²) in [5.74, 6) is 0.491. The number of benzene rings is 2. The maximum Gasteiger partial charge on any atom is 0.334 e. The Morgan fingerprint density at radius 3 is 2.62 bits per heavy atom. The van der Waals surface area contributed by atoms with Crippen molar-refractivity contribution < 1.29 is 18.8 Å². The Morgan fingerprint density at radius 2 is 1.88 bits per heavy atom. The van der Waals surface area contributed by atoms with Gasteiger partial charge >= 0.3 is 6.03 Å². The third-order valence-electron chi connectivity index (χ3n) is 7.85. The number of fused-ring (bicyclic) bond motifs is 2. The van der Waals surface area contributed by atoms with Crippen LogP contribution >= 0.6 is 11.8 Å². The van der Waals surface area contributed by atoms with Crippen molar-refractivity contribution in [3.05, 3.63) is 77.1 Å². The van der Waals surface area contributed by atoms with Crippen LogP contribution in [-0.4, -0.2) is 88.6 Å².